The molecule has 0 radical (unpaired) electrons. The molecule has 2 nitrogen and oxygen atoms in total. The molecule has 0 aliphatic rings. The minimum atomic E-state index is 0.472. The summed E-state index contributed by atoms with van der Waals surface area (Å²) in [4.78, 5) is 0. The van der Waals surface area contributed by atoms with Gasteiger partial charge in [-0.3, -0.25) is 0 Å². The van der Waals surface area contributed by atoms with Crippen molar-refractivity contribution >= 4 is 11.6 Å². The fourth-order valence-electron chi connectivity index (χ4n) is 2.16. The molecule has 0 bridgehead atoms. The van der Waals surface area contributed by atoms with Gasteiger partial charge in [0.1, 0.15) is 17.6 Å². The fraction of sp³-hybridized carbons (Fsp3) is 0.235. The van der Waals surface area contributed by atoms with E-state index in [0.717, 1.165) is 0 Å². The van der Waals surface area contributed by atoms with Crippen molar-refractivity contribution in [2.24, 2.45) is 0 Å². The van der Waals surface area contributed by atoms with Crippen molar-refractivity contribution in [3.05, 3.63) is 58.1 Å². The van der Waals surface area contributed by atoms with Gasteiger partial charge in [0.15, 0.2) is 0 Å². The lowest BCUT2D eigenvalue weighted by Crippen LogP contribution is -1.94. The SMILES string of the molecule is Cc1cc(Oc2cc(Cl)ccc2C#N)ccc1C(C)C. The van der Waals surface area contributed by atoms with Gasteiger partial charge in [-0.25, -0.2) is 0 Å². The number of nitrogens with zero attached hydrogens (tertiary/aromatic N) is 1. The molecule has 0 atom stereocenters. The number of halogens is 1. The van der Waals surface area contributed by atoms with E-state index >= 15 is 0 Å². The first-order valence-corrected chi connectivity index (χ1v) is 6.87. The molecule has 0 saturated carbocycles. The normalized spacial score (nSPS) is 10.4. The van der Waals surface area contributed by atoms with Crippen LogP contribution in [0, 0.1) is 18.3 Å². The van der Waals surface area contributed by atoms with E-state index < -0.39 is 0 Å². The third kappa shape index (κ3) is 3.12. The third-order valence-electron chi connectivity index (χ3n) is 3.16. The van der Waals surface area contributed by atoms with Gasteiger partial charge in [0.05, 0.1) is 5.56 Å². The van der Waals surface area contributed by atoms with Crippen molar-refractivity contribution in [3.8, 4) is 17.6 Å². The Morgan fingerprint density at radius 2 is 1.90 bits per heavy atom. The lowest BCUT2D eigenvalue weighted by molar-refractivity contribution is 0.480. The maximum absolute atomic E-state index is 9.09. The van der Waals surface area contributed by atoms with Crippen LogP contribution in [0.4, 0.5) is 0 Å². The summed E-state index contributed by atoms with van der Waals surface area (Å²) in [6.45, 7) is 6.38. The highest BCUT2D eigenvalue weighted by Crippen LogP contribution is 2.30. The molecule has 2 aromatic carbocycles. The highest BCUT2D eigenvalue weighted by atomic mass is 35.5. The molecule has 20 heavy (non-hydrogen) atoms. The molecule has 102 valence electrons. The van der Waals surface area contributed by atoms with Crippen LogP contribution >= 0.6 is 11.6 Å². The maximum atomic E-state index is 9.09. The molecule has 2 aromatic rings. The molecule has 0 aliphatic heterocycles. The molecular weight excluding hydrogens is 270 g/mol. The van der Waals surface area contributed by atoms with E-state index in [2.05, 4.69) is 32.9 Å². The van der Waals surface area contributed by atoms with Gasteiger partial charge in [-0.1, -0.05) is 31.5 Å². The summed E-state index contributed by atoms with van der Waals surface area (Å²) in [5, 5.41) is 9.64. The van der Waals surface area contributed by atoms with Gasteiger partial charge in [-0.15, -0.1) is 0 Å². The zero-order chi connectivity index (χ0) is 14.7. The second kappa shape index (κ2) is 5.98. The first-order chi connectivity index (χ1) is 9.51. The van der Waals surface area contributed by atoms with E-state index in [1.807, 2.05) is 12.1 Å². The van der Waals surface area contributed by atoms with Crippen LogP contribution in [0.2, 0.25) is 5.02 Å². The van der Waals surface area contributed by atoms with E-state index in [1.54, 1.807) is 18.2 Å². The number of ether oxygens (including phenoxy) is 1. The van der Waals surface area contributed by atoms with Gasteiger partial charge in [0.25, 0.3) is 0 Å². The summed E-state index contributed by atoms with van der Waals surface area (Å²) in [6, 6.07) is 13.1. The van der Waals surface area contributed by atoms with Crippen LogP contribution in [0.15, 0.2) is 36.4 Å². The molecule has 0 aliphatic carbocycles. The Morgan fingerprint density at radius 1 is 1.15 bits per heavy atom. The van der Waals surface area contributed by atoms with Gasteiger partial charge in [-0.2, -0.15) is 5.26 Å². The van der Waals surface area contributed by atoms with Gasteiger partial charge in [0, 0.05) is 11.1 Å². The molecule has 2 rings (SSSR count). The van der Waals surface area contributed by atoms with Crippen LogP contribution in [0.3, 0.4) is 0 Å². The molecule has 0 spiro atoms. The number of nitriles is 1. The number of rotatable bonds is 3. The van der Waals surface area contributed by atoms with Crippen LogP contribution in [0.5, 0.6) is 11.5 Å². The fourth-order valence-corrected chi connectivity index (χ4v) is 2.32. The van der Waals surface area contributed by atoms with Crippen molar-refractivity contribution in [1.29, 1.82) is 5.26 Å². The monoisotopic (exact) mass is 285 g/mol. The average molecular weight is 286 g/mol. The second-order valence-corrected chi connectivity index (χ2v) is 5.46. The molecule has 0 aromatic heterocycles. The van der Waals surface area contributed by atoms with Crippen LogP contribution in [-0.4, -0.2) is 0 Å². The molecular formula is C17H16ClNO. The predicted octanol–water partition coefficient (Wildman–Crippen LogP) is 5.44. The van der Waals surface area contributed by atoms with Gasteiger partial charge < -0.3 is 4.74 Å². The van der Waals surface area contributed by atoms with E-state index in [9.17, 15) is 0 Å². The molecule has 3 heteroatoms. The Hall–Kier alpha value is -1.98. The quantitative estimate of drug-likeness (QED) is 0.752. The van der Waals surface area contributed by atoms with E-state index in [4.69, 9.17) is 21.6 Å². The maximum Gasteiger partial charge on any atom is 0.146 e. The Bertz CT molecular complexity index is 671. The first kappa shape index (κ1) is 14.4. The van der Waals surface area contributed by atoms with Crippen molar-refractivity contribution in [2.75, 3.05) is 0 Å². The second-order valence-electron chi connectivity index (χ2n) is 5.03. The van der Waals surface area contributed by atoms with Crippen LogP contribution in [0.25, 0.3) is 0 Å². The minimum Gasteiger partial charge on any atom is -0.456 e. The smallest absolute Gasteiger partial charge is 0.146 e. The predicted molar refractivity (Wildman–Crippen MR) is 81.5 cm³/mol. The number of hydrogen-bond donors (Lipinski definition) is 0. The Kier molecular flexibility index (Phi) is 4.32. The molecule has 0 heterocycles. The van der Waals surface area contributed by atoms with Crippen LogP contribution in [0.1, 0.15) is 36.5 Å². The summed E-state index contributed by atoms with van der Waals surface area (Å²) in [5.41, 5.74) is 2.95. The van der Waals surface area contributed by atoms with Crippen LogP contribution in [-0.2, 0) is 0 Å². The minimum absolute atomic E-state index is 0.472. The molecule has 0 N–H and O–H groups in total. The van der Waals surface area contributed by atoms with Crippen LogP contribution < -0.4 is 4.74 Å². The highest BCUT2D eigenvalue weighted by molar-refractivity contribution is 6.30. The van der Waals surface area contributed by atoms with Gasteiger partial charge in [0.2, 0.25) is 0 Å². The molecule has 0 fully saturated rings. The van der Waals surface area contributed by atoms with Gasteiger partial charge in [-0.05, 0) is 48.2 Å². The average Bonchev–Trinajstić information content (AvgIpc) is 2.38. The molecule has 0 unspecified atom stereocenters. The van der Waals surface area contributed by atoms with Crippen molar-refractivity contribution in [2.45, 2.75) is 26.7 Å². The topological polar surface area (TPSA) is 33.0 Å². The zero-order valence-electron chi connectivity index (χ0n) is 11.8. The van der Waals surface area contributed by atoms with E-state index in [0.29, 0.717) is 28.0 Å². The Morgan fingerprint density at radius 3 is 2.50 bits per heavy atom. The lowest BCUT2D eigenvalue weighted by atomic mass is 9.98. The molecule has 0 saturated heterocycles. The largest absolute Gasteiger partial charge is 0.456 e. The summed E-state index contributed by atoms with van der Waals surface area (Å²) in [5.74, 6) is 1.67. The molecule has 0 amide bonds. The van der Waals surface area contributed by atoms with Gasteiger partial charge >= 0.3 is 0 Å². The summed E-state index contributed by atoms with van der Waals surface area (Å²) in [6.07, 6.45) is 0. The zero-order valence-corrected chi connectivity index (χ0v) is 12.5. The van der Waals surface area contributed by atoms with Crippen molar-refractivity contribution in [3.63, 3.8) is 0 Å². The number of benzene rings is 2. The Labute approximate surface area is 124 Å². The Balaban J connectivity index is 2.34. The summed E-state index contributed by atoms with van der Waals surface area (Å²) in [7, 11) is 0. The summed E-state index contributed by atoms with van der Waals surface area (Å²) < 4.78 is 5.79. The van der Waals surface area contributed by atoms with Crippen molar-refractivity contribution < 1.29 is 4.74 Å². The lowest BCUT2D eigenvalue weighted by Gasteiger charge is -2.13. The highest BCUT2D eigenvalue weighted by Gasteiger charge is 2.08. The summed E-state index contributed by atoms with van der Waals surface area (Å²) >= 11 is 5.95. The number of hydrogen-bond acceptors (Lipinski definition) is 2. The van der Waals surface area contributed by atoms with Crippen molar-refractivity contribution in [1.82, 2.24) is 0 Å². The van der Waals surface area contributed by atoms with E-state index in [1.165, 1.54) is 11.1 Å². The number of aryl methyl sites for hydroxylation is 1. The third-order valence-corrected chi connectivity index (χ3v) is 3.39. The van der Waals surface area contributed by atoms with E-state index in [-0.39, 0.29) is 0 Å². The standard InChI is InChI=1S/C17H16ClNO/c1-11(2)16-7-6-15(8-12(16)3)20-17-9-14(18)5-4-13(17)10-19/h4-9,11H,1-3H3. The first-order valence-electron chi connectivity index (χ1n) is 6.49.